The van der Waals surface area contributed by atoms with Crippen molar-refractivity contribution in [1.29, 1.82) is 0 Å². The number of hydrogen-bond acceptors (Lipinski definition) is 3. The highest BCUT2D eigenvalue weighted by molar-refractivity contribution is 5.10. The van der Waals surface area contributed by atoms with Gasteiger partial charge in [-0.15, -0.1) is 0 Å². The lowest BCUT2D eigenvalue weighted by Crippen LogP contribution is -2.25. The summed E-state index contributed by atoms with van der Waals surface area (Å²) in [6.45, 7) is 3.15. The average molecular weight is 219 g/mol. The maximum atomic E-state index is 5.08. The Balaban J connectivity index is 2.03. The van der Waals surface area contributed by atoms with E-state index in [0.29, 0.717) is 0 Å². The monoisotopic (exact) mass is 219 g/mol. The molecule has 86 valence electrons. The summed E-state index contributed by atoms with van der Waals surface area (Å²) < 4.78 is 5.08. The molecule has 0 fully saturated rings. The maximum Gasteiger partial charge on any atom is 0.123 e. The number of nitrogens with zero attached hydrogens (tertiary/aromatic N) is 1. The summed E-state index contributed by atoms with van der Waals surface area (Å²) in [7, 11) is 0. The Labute approximate surface area is 95.1 Å². The van der Waals surface area contributed by atoms with Crippen LogP contribution < -0.4 is 5.32 Å². The Hall–Kier alpha value is -1.55. The predicted molar refractivity (Wildman–Crippen MR) is 62.0 cm³/mol. The molecule has 0 aliphatic rings. The molecule has 2 rings (SSSR count). The van der Waals surface area contributed by atoms with Crippen molar-refractivity contribution in [3.63, 3.8) is 0 Å². The smallest absolute Gasteiger partial charge is 0.123 e. The van der Waals surface area contributed by atoms with Gasteiger partial charge in [0, 0.05) is 12.4 Å². The van der Waals surface area contributed by atoms with E-state index in [-0.39, 0.29) is 6.04 Å². The summed E-state index contributed by atoms with van der Waals surface area (Å²) in [6.07, 6.45) is 9.13. The third kappa shape index (κ3) is 2.73. The first-order valence-electron chi connectivity index (χ1n) is 5.64. The molecular formula is C12H17N3O. The van der Waals surface area contributed by atoms with Crippen LogP contribution in [0.5, 0.6) is 0 Å². The standard InChI is InChI=1S/C12H17N3O/c1-2-4-13-11(12-14-5-6-15-12)8-10-3-7-16-9-10/h3,5-7,9,11,13H,2,4,8H2,1H3,(H,14,15). The summed E-state index contributed by atoms with van der Waals surface area (Å²) >= 11 is 0. The van der Waals surface area contributed by atoms with Gasteiger partial charge in [-0.2, -0.15) is 0 Å². The van der Waals surface area contributed by atoms with Crippen LogP contribution in [0.1, 0.15) is 30.8 Å². The molecule has 1 atom stereocenters. The van der Waals surface area contributed by atoms with Crippen LogP contribution in [0, 0.1) is 0 Å². The number of rotatable bonds is 6. The molecule has 0 radical (unpaired) electrons. The zero-order valence-electron chi connectivity index (χ0n) is 9.44. The average Bonchev–Trinajstić information content (AvgIpc) is 2.96. The summed E-state index contributed by atoms with van der Waals surface area (Å²) in [6, 6.07) is 2.22. The molecule has 0 bridgehead atoms. The Morgan fingerprint density at radius 1 is 1.56 bits per heavy atom. The third-order valence-electron chi connectivity index (χ3n) is 2.51. The van der Waals surface area contributed by atoms with E-state index >= 15 is 0 Å². The summed E-state index contributed by atoms with van der Waals surface area (Å²) in [5.74, 6) is 0.981. The van der Waals surface area contributed by atoms with Crippen LogP contribution in [0.25, 0.3) is 0 Å². The Kier molecular flexibility index (Phi) is 3.77. The number of aromatic amines is 1. The topological polar surface area (TPSA) is 53.9 Å². The van der Waals surface area contributed by atoms with Crippen LogP contribution in [-0.4, -0.2) is 16.5 Å². The van der Waals surface area contributed by atoms with Gasteiger partial charge in [0.1, 0.15) is 5.82 Å². The molecule has 0 aliphatic carbocycles. The van der Waals surface area contributed by atoms with Gasteiger partial charge in [-0.3, -0.25) is 0 Å². The van der Waals surface area contributed by atoms with Gasteiger partial charge >= 0.3 is 0 Å². The highest BCUT2D eigenvalue weighted by Gasteiger charge is 2.13. The van der Waals surface area contributed by atoms with Crippen LogP contribution in [0.3, 0.4) is 0 Å². The normalized spacial score (nSPS) is 12.8. The van der Waals surface area contributed by atoms with E-state index in [1.165, 1.54) is 5.56 Å². The maximum absolute atomic E-state index is 5.08. The fourth-order valence-electron chi connectivity index (χ4n) is 1.70. The first kappa shape index (κ1) is 11.0. The molecule has 2 heterocycles. The largest absolute Gasteiger partial charge is 0.472 e. The van der Waals surface area contributed by atoms with Crippen molar-refractivity contribution < 1.29 is 4.42 Å². The Morgan fingerprint density at radius 3 is 3.12 bits per heavy atom. The fourth-order valence-corrected chi connectivity index (χ4v) is 1.70. The first-order valence-corrected chi connectivity index (χ1v) is 5.64. The molecular weight excluding hydrogens is 202 g/mol. The van der Waals surface area contributed by atoms with Gasteiger partial charge in [0.25, 0.3) is 0 Å². The van der Waals surface area contributed by atoms with Crippen LogP contribution in [0.2, 0.25) is 0 Å². The van der Waals surface area contributed by atoms with Crippen molar-refractivity contribution in [2.24, 2.45) is 0 Å². The predicted octanol–water partition coefficient (Wildman–Crippen LogP) is 2.29. The number of nitrogens with one attached hydrogen (secondary N) is 2. The van der Waals surface area contributed by atoms with Gasteiger partial charge in [-0.05, 0) is 31.0 Å². The molecule has 0 saturated carbocycles. The van der Waals surface area contributed by atoms with Crippen LogP contribution in [0.4, 0.5) is 0 Å². The van der Waals surface area contributed by atoms with Crippen LogP contribution >= 0.6 is 0 Å². The van der Waals surface area contributed by atoms with E-state index in [9.17, 15) is 0 Å². The lowest BCUT2D eigenvalue weighted by molar-refractivity contribution is 0.502. The van der Waals surface area contributed by atoms with Gasteiger partial charge < -0.3 is 14.7 Å². The van der Waals surface area contributed by atoms with Crippen LogP contribution in [-0.2, 0) is 6.42 Å². The molecule has 0 spiro atoms. The summed E-state index contributed by atoms with van der Waals surface area (Å²) in [4.78, 5) is 7.46. The van der Waals surface area contributed by atoms with E-state index in [1.807, 2.05) is 12.3 Å². The molecule has 2 aromatic heterocycles. The van der Waals surface area contributed by atoms with Crippen molar-refractivity contribution in [2.45, 2.75) is 25.8 Å². The highest BCUT2D eigenvalue weighted by atomic mass is 16.3. The van der Waals surface area contributed by atoms with Crippen molar-refractivity contribution in [3.8, 4) is 0 Å². The van der Waals surface area contributed by atoms with Gasteiger partial charge in [0.05, 0.1) is 18.6 Å². The Morgan fingerprint density at radius 2 is 2.50 bits per heavy atom. The first-order chi connectivity index (χ1) is 7.90. The summed E-state index contributed by atoms with van der Waals surface area (Å²) in [5.41, 5.74) is 1.19. The van der Waals surface area contributed by atoms with E-state index in [4.69, 9.17) is 4.42 Å². The third-order valence-corrected chi connectivity index (χ3v) is 2.51. The van der Waals surface area contributed by atoms with Gasteiger partial charge in [-0.1, -0.05) is 6.92 Å². The minimum atomic E-state index is 0.229. The molecule has 0 amide bonds. The van der Waals surface area contributed by atoms with Gasteiger partial charge in [-0.25, -0.2) is 4.98 Å². The van der Waals surface area contributed by atoms with Crippen molar-refractivity contribution in [2.75, 3.05) is 6.54 Å². The van der Waals surface area contributed by atoms with Crippen LogP contribution in [0.15, 0.2) is 35.4 Å². The van der Waals surface area contributed by atoms with E-state index in [0.717, 1.165) is 25.2 Å². The second kappa shape index (κ2) is 5.51. The molecule has 0 aromatic carbocycles. The molecule has 1 unspecified atom stereocenters. The second-order valence-corrected chi connectivity index (χ2v) is 3.82. The molecule has 0 saturated heterocycles. The zero-order chi connectivity index (χ0) is 11.2. The van der Waals surface area contributed by atoms with Crippen molar-refractivity contribution >= 4 is 0 Å². The number of aromatic nitrogens is 2. The second-order valence-electron chi connectivity index (χ2n) is 3.82. The van der Waals surface area contributed by atoms with E-state index < -0.39 is 0 Å². The molecule has 2 N–H and O–H groups in total. The van der Waals surface area contributed by atoms with Gasteiger partial charge in [0.15, 0.2) is 0 Å². The number of furan rings is 1. The zero-order valence-corrected chi connectivity index (χ0v) is 9.44. The lowest BCUT2D eigenvalue weighted by atomic mass is 10.1. The lowest BCUT2D eigenvalue weighted by Gasteiger charge is -2.15. The van der Waals surface area contributed by atoms with Crippen molar-refractivity contribution in [1.82, 2.24) is 15.3 Å². The fraction of sp³-hybridized carbons (Fsp3) is 0.417. The minimum Gasteiger partial charge on any atom is -0.472 e. The minimum absolute atomic E-state index is 0.229. The SMILES string of the molecule is CCCNC(Cc1ccoc1)c1ncc[nH]1. The molecule has 2 aromatic rings. The number of imidazole rings is 1. The van der Waals surface area contributed by atoms with E-state index in [2.05, 4.69) is 22.2 Å². The quantitative estimate of drug-likeness (QED) is 0.783. The number of hydrogen-bond donors (Lipinski definition) is 2. The molecule has 16 heavy (non-hydrogen) atoms. The molecule has 4 nitrogen and oxygen atoms in total. The Bertz CT molecular complexity index is 380. The highest BCUT2D eigenvalue weighted by Crippen LogP contribution is 2.15. The number of H-pyrrole nitrogens is 1. The van der Waals surface area contributed by atoms with Gasteiger partial charge in [0.2, 0.25) is 0 Å². The van der Waals surface area contributed by atoms with E-state index in [1.54, 1.807) is 18.7 Å². The summed E-state index contributed by atoms with van der Waals surface area (Å²) in [5, 5.41) is 3.47. The molecule has 0 aliphatic heterocycles. The molecule has 4 heteroatoms. The van der Waals surface area contributed by atoms with Crippen molar-refractivity contribution in [3.05, 3.63) is 42.4 Å².